The van der Waals surface area contributed by atoms with Gasteiger partial charge in [-0.3, -0.25) is 15.1 Å². The Hall–Kier alpha value is -0.610. The van der Waals surface area contributed by atoms with Gasteiger partial charge in [-0.2, -0.15) is 0 Å². The molecular weight excluding hydrogens is 190 g/mol. The lowest BCUT2D eigenvalue weighted by Crippen LogP contribution is -2.53. The number of hydrogen-bond acceptors (Lipinski definition) is 3. The summed E-state index contributed by atoms with van der Waals surface area (Å²) >= 11 is 0. The first-order chi connectivity index (χ1) is 7.20. The number of carbonyl (C=O) groups excluding carboxylic acids is 1. The molecule has 0 aromatic carbocycles. The molecule has 3 N–H and O–H groups in total. The molecule has 0 aliphatic carbocycles. The molecule has 0 radical (unpaired) electrons. The van der Waals surface area contributed by atoms with Gasteiger partial charge in [0, 0.05) is 6.04 Å². The zero-order valence-electron chi connectivity index (χ0n) is 9.83. The molecule has 4 nitrogen and oxygen atoms in total. The van der Waals surface area contributed by atoms with Crippen molar-refractivity contribution < 1.29 is 4.79 Å². The predicted molar refractivity (Wildman–Crippen MR) is 61.0 cm³/mol. The summed E-state index contributed by atoms with van der Waals surface area (Å²) in [7, 11) is 0. The van der Waals surface area contributed by atoms with E-state index in [1.165, 1.54) is 19.3 Å². The lowest BCUT2D eigenvalue weighted by molar-refractivity contribution is -0.128. The van der Waals surface area contributed by atoms with Crippen LogP contribution in [0.2, 0.25) is 0 Å². The molecule has 1 aliphatic heterocycles. The Labute approximate surface area is 92.2 Å². The van der Waals surface area contributed by atoms with E-state index >= 15 is 0 Å². The molecule has 0 unspecified atom stereocenters. The van der Waals surface area contributed by atoms with E-state index in [4.69, 9.17) is 5.84 Å². The predicted octanol–water partition coefficient (Wildman–Crippen LogP) is 1.02. The quantitative estimate of drug-likeness (QED) is 0.416. The van der Waals surface area contributed by atoms with Crippen LogP contribution >= 0.6 is 0 Å². The Bertz CT molecular complexity index is 208. The van der Waals surface area contributed by atoms with Gasteiger partial charge in [-0.25, -0.2) is 5.84 Å². The molecule has 1 rings (SSSR count). The Morgan fingerprint density at radius 3 is 2.87 bits per heavy atom. The maximum absolute atomic E-state index is 11.7. The number of nitrogens with one attached hydrogen (secondary N) is 1. The van der Waals surface area contributed by atoms with Crippen molar-refractivity contribution >= 4 is 5.91 Å². The van der Waals surface area contributed by atoms with Crippen molar-refractivity contribution in [3.63, 3.8) is 0 Å². The van der Waals surface area contributed by atoms with Gasteiger partial charge in [0.1, 0.15) is 0 Å². The van der Waals surface area contributed by atoms with Gasteiger partial charge in [-0.05, 0) is 32.7 Å². The maximum Gasteiger partial charge on any atom is 0.251 e. The third-order valence-corrected chi connectivity index (χ3v) is 3.26. The second-order valence-corrected chi connectivity index (χ2v) is 4.40. The number of likely N-dealkylation sites (tertiary alicyclic amines) is 1. The highest BCUT2D eigenvalue weighted by atomic mass is 16.2. The standard InChI is InChI=1S/C11H23N3O/c1-3-6-10(11(15)13-12)14-8-5-4-7-9(14)2/h9-10H,3-8,12H2,1-2H3,(H,13,15)/t9-,10+/m1/s1. The second kappa shape index (κ2) is 6.08. The topological polar surface area (TPSA) is 58.4 Å². The van der Waals surface area contributed by atoms with Gasteiger partial charge >= 0.3 is 0 Å². The van der Waals surface area contributed by atoms with Crippen LogP contribution in [-0.2, 0) is 4.79 Å². The fourth-order valence-corrected chi connectivity index (χ4v) is 2.40. The molecular formula is C11H23N3O. The van der Waals surface area contributed by atoms with E-state index < -0.39 is 0 Å². The molecule has 0 aromatic rings. The van der Waals surface area contributed by atoms with Crippen LogP contribution in [0.25, 0.3) is 0 Å². The number of piperidine rings is 1. The number of nitrogens with zero attached hydrogens (tertiary/aromatic N) is 1. The van der Waals surface area contributed by atoms with E-state index in [0.29, 0.717) is 6.04 Å². The first-order valence-corrected chi connectivity index (χ1v) is 5.97. The molecule has 88 valence electrons. The first-order valence-electron chi connectivity index (χ1n) is 5.97. The van der Waals surface area contributed by atoms with Crippen molar-refractivity contribution in [2.45, 2.75) is 58.0 Å². The van der Waals surface area contributed by atoms with Crippen LogP contribution in [0.15, 0.2) is 0 Å². The van der Waals surface area contributed by atoms with Gasteiger partial charge in [0.2, 0.25) is 0 Å². The monoisotopic (exact) mass is 213 g/mol. The van der Waals surface area contributed by atoms with Crippen molar-refractivity contribution in [1.29, 1.82) is 0 Å². The fourth-order valence-electron chi connectivity index (χ4n) is 2.40. The number of amides is 1. The normalized spacial score (nSPS) is 24.9. The van der Waals surface area contributed by atoms with Gasteiger partial charge in [0.05, 0.1) is 6.04 Å². The highest BCUT2D eigenvalue weighted by molar-refractivity contribution is 5.81. The van der Waals surface area contributed by atoms with E-state index in [2.05, 4.69) is 24.2 Å². The van der Waals surface area contributed by atoms with E-state index in [9.17, 15) is 4.79 Å². The Morgan fingerprint density at radius 1 is 1.60 bits per heavy atom. The lowest BCUT2D eigenvalue weighted by Gasteiger charge is -2.38. The summed E-state index contributed by atoms with van der Waals surface area (Å²) in [5.41, 5.74) is 2.29. The molecule has 2 atom stereocenters. The van der Waals surface area contributed by atoms with Crippen LogP contribution in [0.1, 0.15) is 46.0 Å². The van der Waals surface area contributed by atoms with Gasteiger partial charge in [0.25, 0.3) is 5.91 Å². The average molecular weight is 213 g/mol. The molecule has 0 bridgehead atoms. The molecule has 1 heterocycles. The summed E-state index contributed by atoms with van der Waals surface area (Å²) in [6.45, 7) is 5.33. The van der Waals surface area contributed by atoms with Crippen molar-refractivity contribution in [3.05, 3.63) is 0 Å². The SMILES string of the molecule is CCC[C@@H](C(=O)NN)N1CCCC[C@H]1C. The molecule has 0 saturated carbocycles. The summed E-state index contributed by atoms with van der Waals surface area (Å²) in [4.78, 5) is 14.0. The molecule has 1 saturated heterocycles. The van der Waals surface area contributed by atoms with Crippen LogP contribution in [0.3, 0.4) is 0 Å². The number of nitrogens with two attached hydrogens (primary N) is 1. The summed E-state index contributed by atoms with van der Waals surface area (Å²) in [6.07, 6.45) is 5.58. The van der Waals surface area contributed by atoms with Crippen LogP contribution in [0.4, 0.5) is 0 Å². The smallest absolute Gasteiger partial charge is 0.251 e. The fraction of sp³-hybridized carbons (Fsp3) is 0.909. The van der Waals surface area contributed by atoms with E-state index in [0.717, 1.165) is 19.4 Å². The summed E-state index contributed by atoms with van der Waals surface area (Å²) in [6, 6.07) is 0.475. The highest BCUT2D eigenvalue weighted by Crippen LogP contribution is 2.21. The van der Waals surface area contributed by atoms with E-state index in [1.54, 1.807) is 0 Å². The van der Waals surface area contributed by atoms with Crippen molar-refractivity contribution in [2.75, 3.05) is 6.54 Å². The summed E-state index contributed by atoms with van der Waals surface area (Å²) in [5, 5.41) is 0. The number of rotatable bonds is 4. The molecule has 4 heteroatoms. The molecule has 0 aromatic heterocycles. The van der Waals surface area contributed by atoms with E-state index in [-0.39, 0.29) is 11.9 Å². The number of hydrogen-bond donors (Lipinski definition) is 2. The summed E-state index contributed by atoms with van der Waals surface area (Å²) in [5.74, 6) is 5.19. The molecule has 1 aliphatic rings. The zero-order valence-corrected chi connectivity index (χ0v) is 9.83. The van der Waals surface area contributed by atoms with Crippen molar-refractivity contribution in [1.82, 2.24) is 10.3 Å². The lowest BCUT2D eigenvalue weighted by atomic mass is 9.99. The van der Waals surface area contributed by atoms with Crippen LogP contribution in [0.5, 0.6) is 0 Å². The average Bonchev–Trinajstić information content (AvgIpc) is 2.26. The third kappa shape index (κ3) is 3.18. The molecule has 1 amide bonds. The van der Waals surface area contributed by atoms with Crippen LogP contribution in [-0.4, -0.2) is 29.4 Å². The Morgan fingerprint density at radius 2 is 2.33 bits per heavy atom. The Kier molecular flexibility index (Phi) is 5.05. The minimum Gasteiger partial charge on any atom is -0.293 e. The van der Waals surface area contributed by atoms with E-state index in [1.807, 2.05) is 0 Å². The van der Waals surface area contributed by atoms with Crippen LogP contribution < -0.4 is 11.3 Å². The number of carbonyl (C=O) groups is 1. The number of hydrazine groups is 1. The maximum atomic E-state index is 11.7. The highest BCUT2D eigenvalue weighted by Gasteiger charge is 2.29. The Balaban J connectivity index is 2.64. The minimum absolute atomic E-state index is 0.0321. The van der Waals surface area contributed by atoms with Gasteiger partial charge < -0.3 is 0 Å². The largest absolute Gasteiger partial charge is 0.293 e. The third-order valence-electron chi connectivity index (χ3n) is 3.26. The summed E-state index contributed by atoms with van der Waals surface area (Å²) < 4.78 is 0. The van der Waals surface area contributed by atoms with Gasteiger partial charge in [0.15, 0.2) is 0 Å². The first kappa shape index (κ1) is 12.5. The second-order valence-electron chi connectivity index (χ2n) is 4.40. The van der Waals surface area contributed by atoms with Gasteiger partial charge in [-0.1, -0.05) is 19.8 Å². The molecule has 0 spiro atoms. The zero-order chi connectivity index (χ0) is 11.3. The minimum atomic E-state index is -0.0365. The molecule has 15 heavy (non-hydrogen) atoms. The van der Waals surface area contributed by atoms with Crippen molar-refractivity contribution in [3.8, 4) is 0 Å². The van der Waals surface area contributed by atoms with Crippen LogP contribution in [0, 0.1) is 0 Å². The molecule has 1 fully saturated rings. The van der Waals surface area contributed by atoms with Crippen molar-refractivity contribution in [2.24, 2.45) is 5.84 Å². The van der Waals surface area contributed by atoms with Gasteiger partial charge in [-0.15, -0.1) is 0 Å².